The van der Waals surface area contributed by atoms with Crippen LogP contribution in [-0.4, -0.2) is 10.2 Å². The number of hydrogen-bond acceptors (Lipinski definition) is 1. The highest BCUT2D eigenvalue weighted by Gasteiger charge is 2.29. The third-order valence-electron chi connectivity index (χ3n) is 3.36. The zero-order chi connectivity index (χ0) is 11.4. The van der Waals surface area contributed by atoms with E-state index in [0.29, 0.717) is 0 Å². The Bertz CT molecular complexity index is 767. The van der Waals surface area contributed by atoms with Gasteiger partial charge in [-0.25, -0.2) is 0 Å². The first-order valence-electron chi connectivity index (χ1n) is 5.60. The average Bonchev–Trinajstić information content (AvgIpc) is 2.88. The van der Waals surface area contributed by atoms with Crippen molar-refractivity contribution in [3.8, 4) is 11.1 Å². The fourth-order valence-corrected chi connectivity index (χ4v) is 2.60. The minimum absolute atomic E-state index is 0.127. The molecule has 3 aromatic rings. The standard InChI is InChI=1S/C15H9NO/c17-15-12-7-2-1-6-11(12)13-9-10-5-3-4-8-16(10)14(13)15/h1-9H. The van der Waals surface area contributed by atoms with Crippen molar-refractivity contribution in [2.45, 2.75) is 0 Å². The molecule has 0 unspecified atom stereocenters. The van der Waals surface area contributed by atoms with Crippen LogP contribution in [0.4, 0.5) is 0 Å². The van der Waals surface area contributed by atoms with E-state index in [4.69, 9.17) is 0 Å². The van der Waals surface area contributed by atoms with E-state index < -0.39 is 0 Å². The number of pyridine rings is 1. The van der Waals surface area contributed by atoms with Crippen LogP contribution >= 0.6 is 0 Å². The molecule has 80 valence electrons. The Labute approximate surface area is 98.1 Å². The highest BCUT2D eigenvalue weighted by molar-refractivity contribution is 6.21. The molecule has 0 saturated heterocycles. The van der Waals surface area contributed by atoms with Crippen molar-refractivity contribution in [2.24, 2.45) is 0 Å². The fraction of sp³-hybridized carbons (Fsp3) is 0. The summed E-state index contributed by atoms with van der Waals surface area (Å²) in [5.41, 5.74) is 4.78. The van der Waals surface area contributed by atoms with Crippen LogP contribution in [0.15, 0.2) is 54.7 Å². The SMILES string of the molecule is O=C1c2ccccc2-c2cc3ccccn3c21. The number of ketones is 1. The number of carbonyl (C=O) groups excluding carboxylic acids is 1. The van der Waals surface area contributed by atoms with Gasteiger partial charge in [-0.2, -0.15) is 0 Å². The van der Waals surface area contributed by atoms with Crippen LogP contribution in [0.2, 0.25) is 0 Å². The summed E-state index contributed by atoms with van der Waals surface area (Å²) in [6.45, 7) is 0. The van der Waals surface area contributed by atoms with Crippen LogP contribution in [0.5, 0.6) is 0 Å². The molecule has 0 radical (unpaired) electrons. The molecule has 2 heteroatoms. The predicted octanol–water partition coefficient (Wildman–Crippen LogP) is 3.15. The third-order valence-corrected chi connectivity index (χ3v) is 3.36. The number of fused-ring (bicyclic) bond motifs is 5. The molecule has 17 heavy (non-hydrogen) atoms. The van der Waals surface area contributed by atoms with Crippen molar-refractivity contribution in [3.05, 3.63) is 66.0 Å². The van der Waals surface area contributed by atoms with Gasteiger partial charge in [0.2, 0.25) is 5.78 Å². The number of benzene rings is 1. The van der Waals surface area contributed by atoms with Gasteiger partial charge < -0.3 is 4.40 Å². The van der Waals surface area contributed by atoms with Gasteiger partial charge in [-0.3, -0.25) is 4.79 Å². The Morgan fingerprint density at radius 3 is 2.47 bits per heavy atom. The first kappa shape index (κ1) is 8.76. The molecule has 0 bridgehead atoms. The van der Waals surface area contributed by atoms with Crippen LogP contribution in [0.1, 0.15) is 16.1 Å². The van der Waals surface area contributed by atoms with Gasteiger partial charge in [0.15, 0.2) is 0 Å². The van der Waals surface area contributed by atoms with Crippen molar-refractivity contribution >= 4 is 11.3 Å². The van der Waals surface area contributed by atoms with E-state index in [2.05, 4.69) is 6.07 Å². The third kappa shape index (κ3) is 0.972. The van der Waals surface area contributed by atoms with Gasteiger partial charge in [0.05, 0.1) is 0 Å². The summed E-state index contributed by atoms with van der Waals surface area (Å²) in [6.07, 6.45) is 1.94. The molecule has 0 aliphatic heterocycles. The largest absolute Gasteiger partial charge is 0.313 e. The first-order valence-corrected chi connectivity index (χ1v) is 5.60. The maximum absolute atomic E-state index is 12.3. The molecule has 0 fully saturated rings. The first-order chi connectivity index (χ1) is 8.36. The van der Waals surface area contributed by atoms with Gasteiger partial charge in [-0.05, 0) is 23.8 Å². The van der Waals surface area contributed by atoms with Gasteiger partial charge in [-0.15, -0.1) is 0 Å². The second-order valence-electron chi connectivity index (χ2n) is 4.28. The fourth-order valence-electron chi connectivity index (χ4n) is 2.60. The Hall–Kier alpha value is -2.35. The van der Waals surface area contributed by atoms with Gasteiger partial charge in [0, 0.05) is 22.8 Å². The van der Waals surface area contributed by atoms with Crippen LogP contribution in [0.3, 0.4) is 0 Å². The van der Waals surface area contributed by atoms with E-state index in [9.17, 15) is 4.79 Å². The molecule has 0 spiro atoms. The van der Waals surface area contributed by atoms with Gasteiger partial charge in [0.25, 0.3) is 0 Å². The highest BCUT2D eigenvalue weighted by atomic mass is 16.1. The maximum atomic E-state index is 12.3. The van der Waals surface area contributed by atoms with Crippen molar-refractivity contribution < 1.29 is 4.79 Å². The van der Waals surface area contributed by atoms with Crippen LogP contribution in [0.25, 0.3) is 16.6 Å². The zero-order valence-corrected chi connectivity index (χ0v) is 9.05. The molecule has 1 aliphatic rings. The van der Waals surface area contributed by atoms with E-state index in [1.807, 2.05) is 53.1 Å². The number of nitrogens with zero attached hydrogens (tertiary/aromatic N) is 1. The highest BCUT2D eigenvalue weighted by Crippen LogP contribution is 2.38. The lowest BCUT2D eigenvalue weighted by Crippen LogP contribution is -2.00. The predicted molar refractivity (Wildman–Crippen MR) is 66.3 cm³/mol. The lowest BCUT2D eigenvalue weighted by molar-refractivity contribution is 0.103. The molecule has 4 rings (SSSR count). The molecule has 1 aromatic carbocycles. The minimum Gasteiger partial charge on any atom is -0.313 e. The lowest BCUT2D eigenvalue weighted by atomic mass is 10.1. The Morgan fingerprint density at radius 1 is 0.824 bits per heavy atom. The summed E-state index contributed by atoms with van der Waals surface area (Å²) in [5, 5.41) is 0. The quantitative estimate of drug-likeness (QED) is 0.445. The second-order valence-corrected chi connectivity index (χ2v) is 4.28. The Kier molecular flexibility index (Phi) is 1.47. The lowest BCUT2D eigenvalue weighted by Gasteiger charge is -1.98. The normalized spacial score (nSPS) is 12.8. The van der Waals surface area contributed by atoms with Crippen LogP contribution < -0.4 is 0 Å². The molecule has 2 heterocycles. The van der Waals surface area contributed by atoms with Gasteiger partial charge in [0.1, 0.15) is 5.69 Å². The van der Waals surface area contributed by atoms with Gasteiger partial charge >= 0.3 is 0 Å². The summed E-state index contributed by atoms with van der Waals surface area (Å²) in [7, 11) is 0. The molecule has 0 atom stereocenters. The molecular weight excluding hydrogens is 210 g/mol. The maximum Gasteiger partial charge on any atom is 0.210 e. The molecule has 0 N–H and O–H groups in total. The molecular formula is C15H9NO. The average molecular weight is 219 g/mol. The Morgan fingerprint density at radius 2 is 1.59 bits per heavy atom. The number of carbonyl (C=O) groups is 1. The monoisotopic (exact) mass is 219 g/mol. The number of rotatable bonds is 0. The number of hydrogen-bond donors (Lipinski definition) is 0. The van der Waals surface area contributed by atoms with Crippen molar-refractivity contribution in [3.63, 3.8) is 0 Å². The van der Waals surface area contributed by atoms with E-state index in [-0.39, 0.29) is 5.78 Å². The summed E-state index contributed by atoms with van der Waals surface area (Å²) >= 11 is 0. The van der Waals surface area contributed by atoms with E-state index in [0.717, 1.165) is 27.9 Å². The topological polar surface area (TPSA) is 21.5 Å². The molecule has 2 aromatic heterocycles. The summed E-state index contributed by atoms with van der Waals surface area (Å²) in [4.78, 5) is 12.3. The van der Waals surface area contributed by atoms with E-state index in [1.165, 1.54) is 0 Å². The summed E-state index contributed by atoms with van der Waals surface area (Å²) < 4.78 is 1.97. The second kappa shape index (κ2) is 2.86. The molecule has 1 aliphatic carbocycles. The van der Waals surface area contributed by atoms with Crippen LogP contribution in [0, 0.1) is 0 Å². The zero-order valence-electron chi connectivity index (χ0n) is 9.05. The summed E-state index contributed by atoms with van der Waals surface area (Å²) in [6, 6.07) is 15.8. The van der Waals surface area contributed by atoms with Crippen LogP contribution in [-0.2, 0) is 0 Å². The Balaban J connectivity index is 2.19. The van der Waals surface area contributed by atoms with Crippen molar-refractivity contribution in [1.29, 1.82) is 0 Å². The van der Waals surface area contributed by atoms with E-state index >= 15 is 0 Å². The number of aromatic nitrogens is 1. The van der Waals surface area contributed by atoms with Crippen molar-refractivity contribution in [1.82, 2.24) is 4.40 Å². The van der Waals surface area contributed by atoms with E-state index in [1.54, 1.807) is 0 Å². The minimum atomic E-state index is 0.127. The smallest absolute Gasteiger partial charge is 0.210 e. The van der Waals surface area contributed by atoms with Crippen molar-refractivity contribution in [2.75, 3.05) is 0 Å². The molecule has 0 saturated carbocycles. The summed E-state index contributed by atoms with van der Waals surface area (Å²) in [5.74, 6) is 0.127. The molecule has 2 nitrogen and oxygen atoms in total. The molecule has 0 amide bonds. The van der Waals surface area contributed by atoms with Gasteiger partial charge in [-0.1, -0.05) is 30.3 Å².